The minimum Gasteiger partial charge on any atom is -0.485 e. The molecule has 26 heavy (non-hydrogen) atoms. The molecule has 0 aliphatic rings. The van der Waals surface area contributed by atoms with E-state index in [2.05, 4.69) is 15.5 Å². The molecule has 0 bridgehead atoms. The third kappa shape index (κ3) is 4.27. The highest BCUT2D eigenvalue weighted by atomic mass is 16.5. The van der Waals surface area contributed by atoms with Crippen LogP contribution in [-0.2, 0) is 11.4 Å². The molecule has 0 unspecified atom stereocenters. The van der Waals surface area contributed by atoms with Gasteiger partial charge in [-0.05, 0) is 24.3 Å². The molecule has 1 N–H and O–H groups in total. The van der Waals surface area contributed by atoms with E-state index in [0.29, 0.717) is 23.0 Å². The summed E-state index contributed by atoms with van der Waals surface area (Å²) in [6.07, 6.45) is 0. The number of carbonyl (C=O) groups excluding carboxylic acids is 1. The second-order valence-corrected chi connectivity index (χ2v) is 6.87. The lowest BCUT2D eigenvalue weighted by molar-refractivity contribution is -0.123. The molecule has 0 fully saturated rings. The smallest absolute Gasteiger partial charge is 0.260 e. The van der Waals surface area contributed by atoms with Crippen molar-refractivity contribution < 1.29 is 14.1 Å². The lowest BCUT2D eigenvalue weighted by Crippen LogP contribution is -2.27. The van der Waals surface area contributed by atoms with Crippen molar-refractivity contribution in [3.8, 4) is 17.2 Å². The second-order valence-electron chi connectivity index (χ2n) is 6.87. The third-order valence-electron chi connectivity index (χ3n) is 3.67. The standard InChI is InChI=1S/C20H21N3O3/c1-20(2,3)19(24)21-16-12-8-7-11-15(16)18-22-17(23-26-18)13-25-14-9-5-4-6-10-14/h4-12H,13H2,1-3H3,(H,21,24). The molecule has 0 radical (unpaired) electrons. The van der Waals surface area contributed by atoms with Crippen molar-refractivity contribution in [1.29, 1.82) is 0 Å². The first-order valence-electron chi connectivity index (χ1n) is 8.35. The number of amides is 1. The van der Waals surface area contributed by atoms with Crippen LogP contribution in [0.25, 0.3) is 11.5 Å². The number of benzene rings is 2. The van der Waals surface area contributed by atoms with Gasteiger partial charge in [-0.25, -0.2) is 0 Å². The van der Waals surface area contributed by atoms with Crippen LogP contribution in [0.4, 0.5) is 5.69 Å². The van der Waals surface area contributed by atoms with E-state index in [4.69, 9.17) is 9.26 Å². The number of carbonyl (C=O) groups is 1. The van der Waals surface area contributed by atoms with E-state index in [1.807, 2.05) is 75.4 Å². The van der Waals surface area contributed by atoms with Gasteiger partial charge in [0.2, 0.25) is 11.7 Å². The maximum Gasteiger partial charge on any atom is 0.260 e. The molecule has 6 nitrogen and oxygen atoms in total. The molecule has 134 valence electrons. The summed E-state index contributed by atoms with van der Waals surface area (Å²) >= 11 is 0. The number of anilines is 1. The zero-order valence-electron chi connectivity index (χ0n) is 15.0. The van der Waals surface area contributed by atoms with Gasteiger partial charge in [-0.3, -0.25) is 4.79 Å². The first kappa shape index (κ1) is 17.7. The van der Waals surface area contributed by atoms with Gasteiger partial charge in [0.15, 0.2) is 6.61 Å². The van der Waals surface area contributed by atoms with E-state index in [-0.39, 0.29) is 12.5 Å². The second kappa shape index (κ2) is 7.39. The summed E-state index contributed by atoms with van der Waals surface area (Å²) < 4.78 is 11.0. The number of rotatable bonds is 5. The third-order valence-corrected chi connectivity index (χ3v) is 3.67. The highest BCUT2D eigenvalue weighted by Crippen LogP contribution is 2.28. The van der Waals surface area contributed by atoms with Gasteiger partial charge in [-0.1, -0.05) is 56.3 Å². The maximum atomic E-state index is 12.3. The molecule has 1 heterocycles. The summed E-state index contributed by atoms with van der Waals surface area (Å²) in [7, 11) is 0. The minimum absolute atomic E-state index is 0.0860. The first-order valence-corrected chi connectivity index (χ1v) is 8.35. The van der Waals surface area contributed by atoms with E-state index in [1.165, 1.54) is 0 Å². The molecule has 0 aliphatic heterocycles. The Morgan fingerprint density at radius 2 is 1.77 bits per heavy atom. The Hall–Kier alpha value is -3.15. The quantitative estimate of drug-likeness (QED) is 0.741. The largest absolute Gasteiger partial charge is 0.485 e. The molecule has 0 atom stereocenters. The Morgan fingerprint density at radius 3 is 2.50 bits per heavy atom. The Morgan fingerprint density at radius 1 is 1.08 bits per heavy atom. The Kier molecular flexibility index (Phi) is 5.02. The maximum absolute atomic E-state index is 12.3. The van der Waals surface area contributed by atoms with Gasteiger partial charge in [0, 0.05) is 5.41 Å². The zero-order valence-corrected chi connectivity index (χ0v) is 15.0. The van der Waals surface area contributed by atoms with Crippen molar-refractivity contribution >= 4 is 11.6 Å². The van der Waals surface area contributed by atoms with Crippen molar-refractivity contribution in [3.05, 3.63) is 60.4 Å². The molecule has 6 heteroatoms. The van der Waals surface area contributed by atoms with Gasteiger partial charge in [-0.15, -0.1) is 0 Å². The fraction of sp³-hybridized carbons (Fsp3) is 0.250. The number of hydrogen-bond donors (Lipinski definition) is 1. The average Bonchev–Trinajstić information content (AvgIpc) is 3.09. The molecule has 0 spiro atoms. The van der Waals surface area contributed by atoms with E-state index < -0.39 is 5.41 Å². The molecule has 0 saturated heterocycles. The van der Waals surface area contributed by atoms with Crippen LogP contribution in [0.3, 0.4) is 0 Å². The Labute approximate surface area is 152 Å². The summed E-state index contributed by atoms with van der Waals surface area (Å²) in [6, 6.07) is 16.8. The van der Waals surface area contributed by atoms with Crippen molar-refractivity contribution in [1.82, 2.24) is 10.1 Å². The van der Waals surface area contributed by atoms with E-state index >= 15 is 0 Å². The molecular formula is C20H21N3O3. The summed E-state index contributed by atoms with van der Waals surface area (Å²) in [6.45, 7) is 5.77. The fourth-order valence-corrected chi connectivity index (χ4v) is 2.18. The fourth-order valence-electron chi connectivity index (χ4n) is 2.18. The number of nitrogens with zero attached hydrogens (tertiary/aromatic N) is 2. The van der Waals surface area contributed by atoms with Crippen LogP contribution in [-0.4, -0.2) is 16.0 Å². The van der Waals surface area contributed by atoms with Crippen molar-refractivity contribution in [2.24, 2.45) is 5.41 Å². The number of ether oxygens (including phenoxy) is 1. The average molecular weight is 351 g/mol. The number of para-hydroxylation sites is 2. The number of aromatic nitrogens is 2. The SMILES string of the molecule is CC(C)(C)C(=O)Nc1ccccc1-c1nc(COc2ccccc2)no1. The molecule has 2 aromatic carbocycles. The molecule has 0 aliphatic carbocycles. The van der Waals surface area contributed by atoms with Crippen molar-refractivity contribution in [2.45, 2.75) is 27.4 Å². The van der Waals surface area contributed by atoms with Gasteiger partial charge in [0.25, 0.3) is 5.89 Å². The molecule has 1 amide bonds. The summed E-state index contributed by atoms with van der Waals surface area (Å²) in [5.74, 6) is 1.41. The highest BCUT2D eigenvalue weighted by molar-refractivity contribution is 5.97. The van der Waals surface area contributed by atoms with Crippen LogP contribution in [0.15, 0.2) is 59.1 Å². The van der Waals surface area contributed by atoms with Gasteiger partial charge in [0.1, 0.15) is 5.75 Å². The van der Waals surface area contributed by atoms with Crippen molar-refractivity contribution in [3.63, 3.8) is 0 Å². The van der Waals surface area contributed by atoms with E-state index in [0.717, 1.165) is 5.75 Å². The lowest BCUT2D eigenvalue weighted by atomic mass is 9.95. The van der Waals surface area contributed by atoms with Crippen LogP contribution in [0, 0.1) is 5.41 Å². The van der Waals surface area contributed by atoms with Gasteiger partial charge < -0.3 is 14.6 Å². The Bertz CT molecular complexity index is 883. The van der Waals surface area contributed by atoms with Gasteiger partial charge in [0.05, 0.1) is 11.3 Å². The summed E-state index contributed by atoms with van der Waals surface area (Å²) in [4.78, 5) is 16.7. The molecule has 3 aromatic rings. The van der Waals surface area contributed by atoms with Gasteiger partial charge >= 0.3 is 0 Å². The number of hydrogen-bond acceptors (Lipinski definition) is 5. The van der Waals surface area contributed by atoms with Crippen LogP contribution < -0.4 is 10.1 Å². The van der Waals surface area contributed by atoms with Gasteiger partial charge in [-0.2, -0.15) is 4.98 Å². The minimum atomic E-state index is -0.503. The number of nitrogens with one attached hydrogen (secondary N) is 1. The monoisotopic (exact) mass is 351 g/mol. The molecule has 3 rings (SSSR count). The molecule has 1 aromatic heterocycles. The molecular weight excluding hydrogens is 330 g/mol. The predicted molar refractivity (Wildman–Crippen MR) is 98.6 cm³/mol. The summed E-state index contributed by atoms with van der Waals surface area (Å²) in [5, 5.41) is 6.87. The normalized spacial score (nSPS) is 11.2. The summed E-state index contributed by atoms with van der Waals surface area (Å²) in [5.41, 5.74) is 0.798. The van der Waals surface area contributed by atoms with Crippen LogP contribution in [0.5, 0.6) is 5.75 Å². The zero-order chi connectivity index (χ0) is 18.6. The topological polar surface area (TPSA) is 77.2 Å². The van der Waals surface area contributed by atoms with E-state index in [9.17, 15) is 4.79 Å². The van der Waals surface area contributed by atoms with E-state index in [1.54, 1.807) is 0 Å². The van der Waals surface area contributed by atoms with Crippen LogP contribution in [0.2, 0.25) is 0 Å². The van der Waals surface area contributed by atoms with Crippen LogP contribution >= 0.6 is 0 Å². The van der Waals surface area contributed by atoms with Crippen molar-refractivity contribution in [2.75, 3.05) is 5.32 Å². The lowest BCUT2D eigenvalue weighted by Gasteiger charge is -2.18. The highest BCUT2D eigenvalue weighted by Gasteiger charge is 2.23. The molecule has 0 saturated carbocycles. The predicted octanol–water partition coefficient (Wildman–Crippen LogP) is 4.30. The first-order chi connectivity index (χ1) is 12.4. The van der Waals surface area contributed by atoms with Crippen LogP contribution in [0.1, 0.15) is 26.6 Å². The Balaban J connectivity index is 1.76.